The summed E-state index contributed by atoms with van der Waals surface area (Å²) in [7, 11) is 0. The average Bonchev–Trinajstić information content (AvgIpc) is 3.13. The molecule has 0 atom stereocenters. The number of aromatic nitrogens is 1. The van der Waals surface area contributed by atoms with E-state index in [4.69, 9.17) is 16.3 Å². The van der Waals surface area contributed by atoms with E-state index in [2.05, 4.69) is 10.3 Å². The van der Waals surface area contributed by atoms with Crippen molar-refractivity contribution < 1.29 is 9.53 Å². The van der Waals surface area contributed by atoms with Crippen molar-refractivity contribution >= 4 is 17.5 Å². The molecule has 0 aliphatic heterocycles. The van der Waals surface area contributed by atoms with E-state index in [1.807, 2.05) is 43.3 Å². The van der Waals surface area contributed by atoms with Crippen LogP contribution in [0.3, 0.4) is 0 Å². The third-order valence-electron chi connectivity index (χ3n) is 4.86. The lowest BCUT2D eigenvalue weighted by atomic mass is 9.78. The molecule has 4 nitrogen and oxygen atoms in total. The van der Waals surface area contributed by atoms with Gasteiger partial charge in [-0.1, -0.05) is 42.6 Å². The second kappa shape index (κ2) is 7.87. The van der Waals surface area contributed by atoms with Gasteiger partial charge in [-0.05, 0) is 43.5 Å². The largest absolute Gasteiger partial charge is 0.478 e. The number of amides is 1. The zero-order valence-corrected chi connectivity index (χ0v) is 15.2. The van der Waals surface area contributed by atoms with Gasteiger partial charge in [-0.25, -0.2) is 4.98 Å². The van der Waals surface area contributed by atoms with Crippen LogP contribution in [-0.2, 0) is 16.8 Å². The van der Waals surface area contributed by atoms with E-state index in [1.54, 1.807) is 6.20 Å². The van der Waals surface area contributed by atoms with E-state index in [0.29, 0.717) is 24.1 Å². The van der Waals surface area contributed by atoms with Crippen molar-refractivity contribution in [1.29, 1.82) is 0 Å². The highest BCUT2D eigenvalue weighted by Gasteiger charge is 2.42. The van der Waals surface area contributed by atoms with Crippen molar-refractivity contribution in [2.24, 2.45) is 0 Å². The van der Waals surface area contributed by atoms with Crippen LogP contribution in [0.1, 0.15) is 43.7 Å². The Labute approximate surface area is 153 Å². The summed E-state index contributed by atoms with van der Waals surface area (Å²) in [6.45, 7) is 2.88. The zero-order chi connectivity index (χ0) is 17.7. The predicted octanol–water partition coefficient (Wildman–Crippen LogP) is 4.26. The molecule has 132 valence electrons. The lowest BCUT2D eigenvalue weighted by Gasteiger charge is -2.28. The Morgan fingerprint density at radius 3 is 2.64 bits per heavy atom. The van der Waals surface area contributed by atoms with Crippen molar-refractivity contribution in [3.8, 4) is 5.88 Å². The van der Waals surface area contributed by atoms with E-state index in [1.165, 1.54) is 0 Å². The first-order valence-corrected chi connectivity index (χ1v) is 9.14. The average molecular weight is 359 g/mol. The minimum absolute atomic E-state index is 0.0682. The molecule has 1 amide bonds. The minimum Gasteiger partial charge on any atom is -0.478 e. The van der Waals surface area contributed by atoms with Gasteiger partial charge >= 0.3 is 0 Å². The maximum absolute atomic E-state index is 13.1. The molecule has 0 bridgehead atoms. The van der Waals surface area contributed by atoms with Crippen molar-refractivity contribution in [3.05, 3.63) is 58.7 Å². The Morgan fingerprint density at radius 2 is 1.96 bits per heavy atom. The first-order valence-electron chi connectivity index (χ1n) is 8.77. The molecule has 1 aliphatic carbocycles. The summed E-state index contributed by atoms with van der Waals surface area (Å²) >= 11 is 6.01. The third kappa shape index (κ3) is 3.79. The van der Waals surface area contributed by atoms with Crippen LogP contribution in [0.15, 0.2) is 42.6 Å². The fourth-order valence-electron chi connectivity index (χ4n) is 3.56. The molecule has 0 saturated heterocycles. The fourth-order valence-corrected chi connectivity index (χ4v) is 3.69. The van der Waals surface area contributed by atoms with Crippen molar-refractivity contribution in [2.75, 3.05) is 6.61 Å². The zero-order valence-electron chi connectivity index (χ0n) is 14.4. The van der Waals surface area contributed by atoms with Gasteiger partial charge in [0.15, 0.2) is 0 Å². The lowest BCUT2D eigenvalue weighted by Crippen LogP contribution is -2.42. The molecule has 3 rings (SSSR count). The molecule has 0 radical (unpaired) electrons. The quantitative estimate of drug-likeness (QED) is 0.839. The van der Waals surface area contributed by atoms with Gasteiger partial charge < -0.3 is 10.1 Å². The van der Waals surface area contributed by atoms with Crippen molar-refractivity contribution in [2.45, 2.75) is 44.6 Å². The van der Waals surface area contributed by atoms with E-state index in [9.17, 15) is 4.79 Å². The van der Waals surface area contributed by atoms with Crippen LogP contribution in [0, 0.1) is 0 Å². The molecule has 1 aliphatic rings. The number of nitrogens with zero attached hydrogens (tertiary/aromatic N) is 1. The Hall–Kier alpha value is -2.07. The molecule has 25 heavy (non-hydrogen) atoms. The Balaban J connectivity index is 1.77. The summed E-state index contributed by atoms with van der Waals surface area (Å²) in [4.78, 5) is 17.3. The number of halogens is 1. The number of hydrogen-bond donors (Lipinski definition) is 1. The first kappa shape index (κ1) is 17.7. The molecule has 1 aromatic carbocycles. The highest BCUT2D eigenvalue weighted by Crippen LogP contribution is 2.41. The van der Waals surface area contributed by atoms with Gasteiger partial charge in [0.25, 0.3) is 0 Å². The summed E-state index contributed by atoms with van der Waals surface area (Å²) in [6, 6.07) is 11.5. The lowest BCUT2D eigenvalue weighted by molar-refractivity contribution is -0.126. The number of hydrogen-bond acceptors (Lipinski definition) is 3. The topological polar surface area (TPSA) is 51.2 Å². The van der Waals surface area contributed by atoms with Crippen LogP contribution in [0.5, 0.6) is 5.88 Å². The van der Waals surface area contributed by atoms with Gasteiger partial charge in [0.2, 0.25) is 11.8 Å². The molecule has 1 fully saturated rings. The number of ether oxygens (including phenoxy) is 1. The molecule has 5 heteroatoms. The smallest absolute Gasteiger partial charge is 0.230 e. The van der Waals surface area contributed by atoms with Gasteiger partial charge in [0, 0.05) is 23.3 Å². The van der Waals surface area contributed by atoms with Gasteiger partial charge in [-0.15, -0.1) is 0 Å². The number of pyridine rings is 1. The molecule has 2 aromatic rings. The number of carbonyl (C=O) groups excluding carboxylic acids is 1. The summed E-state index contributed by atoms with van der Waals surface area (Å²) < 4.78 is 5.54. The monoisotopic (exact) mass is 358 g/mol. The highest BCUT2D eigenvalue weighted by atomic mass is 35.5. The van der Waals surface area contributed by atoms with E-state index in [-0.39, 0.29) is 5.91 Å². The minimum atomic E-state index is -0.460. The summed E-state index contributed by atoms with van der Waals surface area (Å²) in [5.74, 6) is 0.649. The fraction of sp³-hybridized carbons (Fsp3) is 0.400. The standard InChI is InChI=1S/C20H23ClN2O2/c1-2-25-18-15(6-5-13-22-18)14-23-19(24)20(11-3-4-12-20)16-7-9-17(21)10-8-16/h5-10,13H,2-4,11-12,14H2,1H3,(H,23,24). The number of nitrogens with one attached hydrogen (secondary N) is 1. The first-order chi connectivity index (χ1) is 12.2. The van der Waals surface area contributed by atoms with Gasteiger partial charge in [0.05, 0.1) is 12.0 Å². The Bertz CT molecular complexity index is 725. The number of rotatable bonds is 6. The summed E-state index contributed by atoms with van der Waals surface area (Å²) in [5, 5.41) is 3.79. The molecule has 1 saturated carbocycles. The van der Waals surface area contributed by atoms with E-state index in [0.717, 1.165) is 36.8 Å². The number of carbonyl (C=O) groups is 1. The van der Waals surface area contributed by atoms with Crippen LogP contribution in [0.2, 0.25) is 5.02 Å². The molecule has 0 unspecified atom stereocenters. The van der Waals surface area contributed by atoms with Crippen molar-refractivity contribution in [1.82, 2.24) is 10.3 Å². The Morgan fingerprint density at radius 1 is 1.24 bits per heavy atom. The second-order valence-electron chi connectivity index (χ2n) is 6.38. The van der Waals surface area contributed by atoms with E-state index >= 15 is 0 Å². The SMILES string of the molecule is CCOc1ncccc1CNC(=O)C1(c2ccc(Cl)cc2)CCCC1. The van der Waals surface area contributed by atoms with Crippen LogP contribution in [-0.4, -0.2) is 17.5 Å². The maximum Gasteiger partial charge on any atom is 0.230 e. The molecular formula is C20H23ClN2O2. The Kier molecular flexibility index (Phi) is 5.59. The van der Waals surface area contributed by atoms with Crippen LogP contribution < -0.4 is 10.1 Å². The predicted molar refractivity (Wildman–Crippen MR) is 98.9 cm³/mol. The molecular weight excluding hydrogens is 336 g/mol. The molecule has 1 N–H and O–H groups in total. The molecule has 1 aromatic heterocycles. The second-order valence-corrected chi connectivity index (χ2v) is 6.82. The third-order valence-corrected chi connectivity index (χ3v) is 5.11. The highest BCUT2D eigenvalue weighted by molar-refractivity contribution is 6.30. The van der Waals surface area contributed by atoms with Crippen LogP contribution in [0.25, 0.3) is 0 Å². The summed E-state index contributed by atoms with van der Waals surface area (Å²) in [5.41, 5.74) is 1.48. The van der Waals surface area contributed by atoms with E-state index < -0.39 is 5.41 Å². The van der Waals surface area contributed by atoms with Crippen LogP contribution >= 0.6 is 11.6 Å². The van der Waals surface area contributed by atoms with Gasteiger partial charge in [-0.2, -0.15) is 0 Å². The van der Waals surface area contributed by atoms with Crippen LogP contribution in [0.4, 0.5) is 0 Å². The normalized spacial score (nSPS) is 15.8. The van der Waals surface area contributed by atoms with Gasteiger partial charge in [-0.3, -0.25) is 4.79 Å². The van der Waals surface area contributed by atoms with Gasteiger partial charge in [0.1, 0.15) is 0 Å². The summed E-state index contributed by atoms with van der Waals surface area (Å²) in [6.07, 6.45) is 5.56. The number of benzene rings is 1. The van der Waals surface area contributed by atoms with Crippen molar-refractivity contribution in [3.63, 3.8) is 0 Å². The molecule has 1 heterocycles. The maximum atomic E-state index is 13.1. The molecule has 0 spiro atoms.